The van der Waals surface area contributed by atoms with Crippen LogP contribution in [0, 0.1) is 11.8 Å². The van der Waals surface area contributed by atoms with Crippen LogP contribution in [0.2, 0.25) is 0 Å². The summed E-state index contributed by atoms with van der Waals surface area (Å²) in [5, 5.41) is 5.86. The topological polar surface area (TPSA) is 41.1 Å². The van der Waals surface area contributed by atoms with Crippen molar-refractivity contribution < 1.29 is 4.79 Å². The van der Waals surface area contributed by atoms with Crippen molar-refractivity contribution in [1.29, 1.82) is 0 Å². The van der Waals surface area contributed by atoms with Crippen LogP contribution in [0.5, 0.6) is 0 Å². The van der Waals surface area contributed by atoms with Crippen molar-refractivity contribution in [3.05, 3.63) is 0 Å². The van der Waals surface area contributed by atoms with Crippen molar-refractivity contribution >= 4 is 5.91 Å². The van der Waals surface area contributed by atoms with E-state index in [2.05, 4.69) is 24.5 Å². The van der Waals surface area contributed by atoms with Crippen LogP contribution in [0.3, 0.4) is 0 Å². The van der Waals surface area contributed by atoms with Gasteiger partial charge in [-0.1, -0.05) is 20.8 Å². The molecule has 3 nitrogen and oxygen atoms in total. The molecule has 72 valence electrons. The molecule has 1 unspecified atom stereocenters. The first kappa shape index (κ1) is 11.4. The van der Waals surface area contributed by atoms with Gasteiger partial charge in [-0.15, -0.1) is 0 Å². The molecule has 0 aliphatic rings. The van der Waals surface area contributed by atoms with E-state index in [4.69, 9.17) is 0 Å². The van der Waals surface area contributed by atoms with Gasteiger partial charge >= 0.3 is 0 Å². The fourth-order valence-corrected chi connectivity index (χ4v) is 0.878. The van der Waals surface area contributed by atoms with Crippen LogP contribution in [-0.4, -0.2) is 26.0 Å². The first-order valence-electron chi connectivity index (χ1n) is 4.50. The van der Waals surface area contributed by atoms with E-state index in [-0.39, 0.29) is 11.8 Å². The molecule has 0 aliphatic heterocycles. The van der Waals surface area contributed by atoms with Gasteiger partial charge in [0.05, 0.1) is 0 Å². The van der Waals surface area contributed by atoms with Crippen LogP contribution >= 0.6 is 0 Å². The molecule has 0 saturated carbocycles. The van der Waals surface area contributed by atoms with Gasteiger partial charge < -0.3 is 10.6 Å². The fraction of sp³-hybridized carbons (Fsp3) is 0.889. The zero-order chi connectivity index (χ0) is 9.56. The van der Waals surface area contributed by atoms with Crippen molar-refractivity contribution in [3.63, 3.8) is 0 Å². The number of hydrogen-bond donors (Lipinski definition) is 2. The summed E-state index contributed by atoms with van der Waals surface area (Å²) in [6, 6.07) is 0. The molecule has 0 radical (unpaired) electrons. The van der Waals surface area contributed by atoms with Crippen LogP contribution in [0.25, 0.3) is 0 Å². The lowest BCUT2D eigenvalue weighted by Crippen LogP contribution is -2.36. The van der Waals surface area contributed by atoms with E-state index < -0.39 is 0 Å². The molecule has 0 aromatic carbocycles. The van der Waals surface area contributed by atoms with E-state index in [0.29, 0.717) is 5.92 Å². The van der Waals surface area contributed by atoms with Gasteiger partial charge in [-0.2, -0.15) is 0 Å². The normalized spacial score (nSPS) is 13.1. The second-order valence-electron chi connectivity index (χ2n) is 3.60. The molecule has 12 heavy (non-hydrogen) atoms. The minimum atomic E-state index is 0.0637. The number of amides is 1. The Labute approximate surface area is 74.9 Å². The predicted octanol–water partition coefficient (Wildman–Crippen LogP) is 0.614. The number of nitrogens with one attached hydrogen (secondary N) is 2. The van der Waals surface area contributed by atoms with Gasteiger partial charge in [-0.3, -0.25) is 4.79 Å². The van der Waals surface area contributed by atoms with Crippen molar-refractivity contribution in [2.75, 3.05) is 20.1 Å². The van der Waals surface area contributed by atoms with Crippen LogP contribution in [0.4, 0.5) is 0 Å². The monoisotopic (exact) mass is 172 g/mol. The predicted molar refractivity (Wildman–Crippen MR) is 50.9 cm³/mol. The van der Waals surface area contributed by atoms with Gasteiger partial charge in [0.2, 0.25) is 5.91 Å². The maximum absolute atomic E-state index is 11.3. The fourth-order valence-electron chi connectivity index (χ4n) is 0.878. The molecule has 0 bridgehead atoms. The van der Waals surface area contributed by atoms with E-state index in [1.165, 1.54) is 0 Å². The molecule has 0 heterocycles. The van der Waals surface area contributed by atoms with Crippen LogP contribution in [-0.2, 0) is 4.79 Å². The summed E-state index contributed by atoms with van der Waals surface area (Å²) in [5.41, 5.74) is 0. The molecule has 1 amide bonds. The number of carbonyl (C=O) groups is 1. The molecule has 1 atom stereocenters. The molecule has 0 aromatic rings. The second-order valence-corrected chi connectivity index (χ2v) is 3.60. The third kappa shape index (κ3) is 5.13. The van der Waals surface area contributed by atoms with Gasteiger partial charge in [0.1, 0.15) is 0 Å². The quantitative estimate of drug-likeness (QED) is 0.638. The first-order chi connectivity index (χ1) is 5.57. The molecule has 3 heteroatoms. The minimum Gasteiger partial charge on any atom is -0.356 e. The van der Waals surface area contributed by atoms with E-state index in [1.54, 1.807) is 0 Å². The highest BCUT2D eigenvalue weighted by molar-refractivity contribution is 5.78. The van der Waals surface area contributed by atoms with Gasteiger partial charge in [0, 0.05) is 19.0 Å². The summed E-state index contributed by atoms with van der Waals surface area (Å²) in [6.45, 7) is 7.61. The Hall–Kier alpha value is -0.570. The Kier molecular flexibility index (Phi) is 5.72. The summed E-state index contributed by atoms with van der Waals surface area (Å²) in [7, 11) is 1.85. The van der Waals surface area contributed by atoms with Gasteiger partial charge in [-0.05, 0) is 13.0 Å². The first-order valence-corrected chi connectivity index (χ1v) is 4.50. The second kappa shape index (κ2) is 6.00. The highest BCUT2D eigenvalue weighted by Crippen LogP contribution is 1.93. The Bertz CT molecular complexity index is 134. The third-order valence-corrected chi connectivity index (χ3v) is 1.64. The molecule has 0 saturated heterocycles. The summed E-state index contributed by atoms with van der Waals surface area (Å²) >= 11 is 0. The highest BCUT2D eigenvalue weighted by Gasteiger charge is 2.10. The van der Waals surface area contributed by atoms with Crippen molar-refractivity contribution in [2.24, 2.45) is 11.8 Å². The van der Waals surface area contributed by atoms with Crippen LogP contribution in [0.1, 0.15) is 20.8 Å². The SMILES string of the molecule is CNCC(C)C(=O)NCC(C)C. The lowest BCUT2D eigenvalue weighted by molar-refractivity contribution is -0.124. The van der Waals surface area contributed by atoms with E-state index in [9.17, 15) is 4.79 Å². The lowest BCUT2D eigenvalue weighted by atomic mass is 10.1. The number of rotatable bonds is 5. The van der Waals surface area contributed by atoms with Crippen molar-refractivity contribution in [2.45, 2.75) is 20.8 Å². The lowest BCUT2D eigenvalue weighted by Gasteiger charge is -2.12. The Morgan fingerprint density at radius 2 is 1.83 bits per heavy atom. The standard InChI is InChI=1S/C9H20N2O/c1-7(2)5-11-9(12)8(3)6-10-4/h7-8,10H,5-6H2,1-4H3,(H,11,12). The maximum atomic E-state index is 11.3. The molecule has 0 spiro atoms. The van der Waals surface area contributed by atoms with Gasteiger partial charge in [-0.25, -0.2) is 0 Å². The zero-order valence-electron chi connectivity index (χ0n) is 8.48. The Morgan fingerprint density at radius 3 is 2.25 bits per heavy atom. The Morgan fingerprint density at radius 1 is 1.25 bits per heavy atom. The summed E-state index contributed by atoms with van der Waals surface area (Å²) < 4.78 is 0. The highest BCUT2D eigenvalue weighted by atomic mass is 16.1. The molecule has 0 fully saturated rings. The number of carbonyl (C=O) groups excluding carboxylic acids is 1. The van der Waals surface area contributed by atoms with E-state index >= 15 is 0 Å². The molecular formula is C9H20N2O. The average molecular weight is 172 g/mol. The minimum absolute atomic E-state index is 0.0637. The van der Waals surface area contributed by atoms with Crippen molar-refractivity contribution in [3.8, 4) is 0 Å². The smallest absolute Gasteiger partial charge is 0.224 e. The molecule has 0 rings (SSSR count). The van der Waals surface area contributed by atoms with Gasteiger partial charge in [0.25, 0.3) is 0 Å². The zero-order valence-corrected chi connectivity index (χ0v) is 8.48. The summed E-state index contributed by atoms with van der Waals surface area (Å²) in [4.78, 5) is 11.3. The molecular weight excluding hydrogens is 152 g/mol. The largest absolute Gasteiger partial charge is 0.356 e. The van der Waals surface area contributed by atoms with E-state index in [0.717, 1.165) is 13.1 Å². The van der Waals surface area contributed by atoms with Crippen molar-refractivity contribution in [1.82, 2.24) is 10.6 Å². The Balaban J connectivity index is 3.57. The third-order valence-electron chi connectivity index (χ3n) is 1.64. The average Bonchev–Trinajstić information content (AvgIpc) is 2.00. The molecule has 2 N–H and O–H groups in total. The van der Waals surface area contributed by atoms with E-state index in [1.807, 2.05) is 14.0 Å². The molecule has 0 aromatic heterocycles. The maximum Gasteiger partial charge on any atom is 0.224 e. The van der Waals surface area contributed by atoms with Crippen LogP contribution in [0.15, 0.2) is 0 Å². The molecule has 0 aliphatic carbocycles. The number of hydrogen-bond acceptors (Lipinski definition) is 2. The summed E-state index contributed by atoms with van der Waals surface area (Å²) in [5.74, 6) is 0.725. The van der Waals surface area contributed by atoms with Gasteiger partial charge in [0.15, 0.2) is 0 Å². The van der Waals surface area contributed by atoms with Crippen LogP contribution < -0.4 is 10.6 Å². The summed E-state index contributed by atoms with van der Waals surface area (Å²) in [6.07, 6.45) is 0.